The van der Waals surface area contributed by atoms with Gasteiger partial charge >= 0.3 is 0 Å². The van der Waals surface area contributed by atoms with Crippen LogP contribution in [0, 0.1) is 5.82 Å². The Morgan fingerprint density at radius 1 is 1.50 bits per heavy atom. The summed E-state index contributed by atoms with van der Waals surface area (Å²) in [6.07, 6.45) is 5.65. The zero-order valence-corrected chi connectivity index (χ0v) is 11.4. The van der Waals surface area contributed by atoms with E-state index in [-0.39, 0.29) is 11.4 Å². The van der Waals surface area contributed by atoms with E-state index in [9.17, 15) is 9.18 Å². The van der Waals surface area contributed by atoms with E-state index in [1.807, 2.05) is 13.2 Å². The van der Waals surface area contributed by atoms with Crippen LogP contribution in [0.4, 0.5) is 10.2 Å². The van der Waals surface area contributed by atoms with Crippen molar-refractivity contribution in [3.8, 4) is 0 Å². The third-order valence-corrected chi connectivity index (χ3v) is 2.83. The van der Waals surface area contributed by atoms with E-state index < -0.39 is 11.7 Å². The molecule has 0 atom stereocenters. The van der Waals surface area contributed by atoms with Gasteiger partial charge in [-0.15, -0.1) is 0 Å². The minimum absolute atomic E-state index is 0.0180. The molecule has 1 amide bonds. The summed E-state index contributed by atoms with van der Waals surface area (Å²) in [4.78, 5) is 15.7. The number of rotatable bonds is 5. The summed E-state index contributed by atoms with van der Waals surface area (Å²) in [5.41, 5.74) is 0.995. The Balaban J connectivity index is 1.95. The topological polar surface area (TPSA) is 71.8 Å². The van der Waals surface area contributed by atoms with Gasteiger partial charge in [0.1, 0.15) is 0 Å². The first-order valence-corrected chi connectivity index (χ1v) is 6.19. The Labute approximate surface area is 116 Å². The fraction of sp³-hybridized carbons (Fsp3) is 0.308. The van der Waals surface area contributed by atoms with Gasteiger partial charge in [0.15, 0.2) is 11.6 Å². The van der Waals surface area contributed by atoms with Gasteiger partial charge in [-0.1, -0.05) is 0 Å². The second-order valence-electron chi connectivity index (χ2n) is 4.30. The molecule has 20 heavy (non-hydrogen) atoms. The molecule has 106 valence electrons. The lowest BCUT2D eigenvalue weighted by atomic mass is 10.2. The number of halogens is 1. The van der Waals surface area contributed by atoms with Crippen LogP contribution in [0.3, 0.4) is 0 Å². The molecule has 0 saturated carbocycles. The summed E-state index contributed by atoms with van der Waals surface area (Å²) < 4.78 is 15.6. The van der Waals surface area contributed by atoms with Crippen molar-refractivity contribution >= 4 is 11.7 Å². The second kappa shape index (κ2) is 6.14. The van der Waals surface area contributed by atoms with Gasteiger partial charge in [0.05, 0.1) is 11.8 Å². The number of anilines is 1. The molecule has 0 spiro atoms. The molecular weight excluding hydrogens is 261 g/mol. The van der Waals surface area contributed by atoms with Crippen LogP contribution >= 0.6 is 0 Å². The highest BCUT2D eigenvalue weighted by Gasteiger charge is 2.14. The fourth-order valence-corrected chi connectivity index (χ4v) is 1.81. The molecule has 2 N–H and O–H groups in total. The SMILES string of the molecule is CNc1nccc(C(=O)NCCc2cnn(C)c2)c1F. The molecule has 0 saturated heterocycles. The highest BCUT2D eigenvalue weighted by atomic mass is 19.1. The van der Waals surface area contributed by atoms with Crippen LogP contribution in [0.15, 0.2) is 24.7 Å². The van der Waals surface area contributed by atoms with Gasteiger partial charge in [-0.05, 0) is 18.1 Å². The van der Waals surface area contributed by atoms with Crippen molar-refractivity contribution in [2.24, 2.45) is 7.05 Å². The molecule has 0 aliphatic heterocycles. The fourth-order valence-electron chi connectivity index (χ4n) is 1.81. The van der Waals surface area contributed by atoms with Crippen molar-refractivity contribution in [3.05, 3.63) is 41.6 Å². The molecule has 0 radical (unpaired) electrons. The molecule has 7 heteroatoms. The molecular formula is C13H16FN5O. The summed E-state index contributed by atoms with van der Waals surface area (Å²) in [5.74, 6) is -1.04. The van der Waals surface area contributed by atoms with Gasteiger partial charge in [0.25, 0.3) is 5.91 Å². The van der Waals surface area contributed by atoms with Gasteiger partial charge in [-0.3, -0.25) is 9.48 Å². The smallest absolute Gasteiger partial charge is 0.254 e. The van der Waals surface area contributed by atoms with Crippen molar-refractivity contribution < 1.29 is 9.18 Å². The maximum atomic E-state index is 13.9. The predicted octanol–water partition coefficient (Wildman–Crippen LogP) is 0.968. The van der Waals surface area contributed by atoms with Crippen LogP contribution in [-0.4, -0.2) is 34.3 Å². The molecule has 0 aliphatic rings. The number of carbonyl (C=O) groups excluding carboxylic acids is 1. The van der Waals surface area contributed by atoms with Crippen LogP contribution in [0.5, 0.6) is 0 Å². The van der Waals surface area contributed by atoms with E-state index in [1.54, 1.807) is 17.9 Å². The van der Waals surface area contributed by atoms with Gasteiger partial charge in [0, 0.05) is 33.0 Å². The van der Waals surface area contributed by atoms with Gasteiger partial charge in [0.2, 0.25) is 0 Å². The number of amides is 1. The zero-order valence-electron chi connectivity index (χ0n) is 11.4. The largest absolute Gasteiger partial charge is 0.371 e. The monoisotopic (exact) mass is 277 g/mol. The number of nitrogens with zero attached hydrogens (tertiary/aromatic N) is 3. The standard InChI is InChI=1S/C13H16FN5O/c1-15-12-11(14)10(4-6-16-12)13(20)17-5-3-9-7-18-19(2)8-9/h4,6-8H,3,5H2,1-2H3,(H,15,16)(H,17,20). The van der Waals surface area contributed by atoms with Crippen molar-refractivity contribution in [2.45, 2.75) is 6.42 Å². The number of carbonyl (C=O) groups is 1. The lowest BCUT2D eigenvalue weighted by Crippen LogP contribution is -2.26. The van der Waals surface area contributed by atoms with Crippen LogP contribution in [0.2, 0.25) is 0 Å². The average Bonchev–Trinajstić information content (AvgIpc) is 2.84. The lowest BCUT2D eigenvalue weighted by Gasteiger charge is -2.07. The summed E-state index contributed by atoms with van der Waals surface area (Å²) in [6.45, 7) is 0.418. The Bertz CT molecular complexity index is 611. The first-order chi connectivity index (χ1) is 9.61. The van der Waals surface area contributed by atoms with E-state index in [4.69, 9.17) is 0 Å². The van der Waals surface area contributed by atoms with Crippen LogP contribution in [0.1, 0.15) is 15.9 Å². The third-order valence-electron chi connectivity index (χ3n) is 2.83. The van der Waals surface area contributed by atoms with E-state index in [2.05, 4.69) is 20.7 Å². The quantitative estimate of drug-likeness (QED) is 0.854. The maximum Gasteiger partial charge on any atom is 0.254 e. The van der Waals surface area contributed by atoms with E-state index in [0.717, 1.165) is 5.56 Å². The van der Waals surface area contributed by atoms with Crippen LogP contribution < -0.4 is 10.6 Å². The van der Waals surface area contributed by atoms with E-state index in [1.165, 1.54) is 12.3 Å². The highest BCUT2D eigenvalue weighted by molar-refractivity contribution is 5.95. The van der Waals surface area contributed by atoms with Crippen molar-refractivity contribution in [2.75, 3.05) is 18.9 Å². The first-order valence-electron chi connectivity index (χ1n) is 6.19. The molecule has 2 aromatic rings. The average molecular weight is 277 g/mol. The summed E-state index contributed by atoms with van der Waals surface area (Å²) >= 11 is 0. The summed E-state index contributed by atoms with van der Waals surface area (Å²) in [5, 5.41) is 9.31. The molecule has 0 fully saturated rings. The second-order valence-corrected chi connectivity index (χ2v) is 4.30. The van der Waals surface area contributed by atoms with Crippen LogP contribution in [-0.2, 0) is 13.5 Å². The zero-order chi connectivity index (χ0) is 14.5. The molecule has 2 heterocycles. The number of hydrogen-bond donors (Lipinski definition) is 2. The summed E-state index contributed by atoms with van der Waals surface area (Å²) in [7, 11) is 3.38. The Morgan fingerprint density at radius 2 is 2.30 bits per heavy atom. The Kier molecular flexibility index (Phi) is 4.29. The molecule has 2 aromatic heterocycles. The minimum atomic E-state index is -0.645. The predicted molar refractivity (Wildman–Crippen MR) is 73.0 cm³/mol. The number of aromatic nitrogens is 3. The molecule has 0 bridgehead atoms. The highest BCUT2D eigenvalue weighted by Crippen LogP contribution is 2.14. The van der Waals surface area contributed by atoms with E-state index in [0.29, 0.717) is 13.0 Å². The molecule has 0 aliphatic carbocycles. The van der Waals surface area contributed by atoms with E-state index >= 15 is 0 Å². The molecule has 0 unspecified atom stereocenters. The normalized spacial score (nSPS) is 10.3. The number of nitrogens with one attached hydrogen (secondary N) is 2. The molecule has 2 rings (SSSR count). The van der Waals surface area contributed by atoms with Gasteiger partial charge in [-0.25, -0.2) is 9.37 Å². The van der Waals surface area contributed by atoms with Crippen molar-refractivity contribution in [3.63, 3.8) is 0 Å². The summed E-state index contributed by atoms with van der Waals surface area (Å²) in [6, 6.07) is 1.36. The Morgan fingerprint density at radius 3 is 2.95 bits per heavy atom. The lowest BCUT2D eigenvalue weighted by molar-refractivity contribution is 0.0950. The van der Waals surface area contributed by atoms with Crippen molar-refractivity contribution in [1.29, 1.82) is 0 Å². The third kappa shape index (κ3) is 3.11. The number of aryl methyl sites for hydroxylation is 1. The van der Waals surface area contributed by atoms with Gasteiger partial charge < -0.3 is 10.6 Å². The van der Waals surface area contributed by atoms with Crippen molar-refractivity contribution in [1.82, 2.24) is 20.1 Å². The van der Waals surface area contributed by atoms with Gasteiger partial charge in [-0.2, -0.15) is 5.10 Å². The number of pyridine rings is 1. The first kappa shape index (κ1) is 14.0. The Hall–Kier alpha value is -2.44. The maximum absolute atomic E-state index is 13.9. The minimum Gasteiger partial charge on any atom is -0.371 e. The molecule has 0 aromatic carbocycles. The van der Waals surface area contributed by atoms with Crippen LogP contribution in [0.25, 0.3) is 0 Å². The molecule has 6 nitrogen and oxygen atoms in total. The number of hydrogen-bond acceptors (Lipinski definition) is 4.